The normalized spacial score (nSPS) is 25.9. The van der Waals surface area contributed by atoms with Gasteiger partial charge in [0.2, 0.25) is 5.91 Å². The minimum absolute atomic E-state index is 0.00721. The van der Waals surface area contributed by atoms with Gasteiger partial charge in [-0.05, 0) is 43.9 Å². The Morgan fingerprint density at radius 2 is 1.45 bits per heavy atom. The summed E-state index contributed by atoms with van der Waals surface area (Å²) in [7, 11) is 0. The van der Waals surface area contributed by atoms with E-state index in [1.54, 1.807) is 0 Å². The fourth-order valence-electron chi connectivity index (χ4n) is 5.02. The number of piperidine rings is 1. The number of hydrogen-bond donors (Lipinski definition) is 4. The molecule has 190 valence electrons. The van der Waals surface area contributed by atoms with Crippen molar-refractivity contribution >= 4 is 17.9 Å². The SMILES string of the molecule is CCCNC(=O)CN1CCC(NC(=O)NC2C[C@H]3CCCC[C@H]3C2)CC1.O=C(O)C(F)(F)F. The zero-order chi connectivity index (χ0) is 24.4. The Morgan fingerprint density at radius 3 is 1.94 bits per heavy atom. The summed E-state index contributed by atoms with van der Waals surface area (Å²) in [5, 5.41) is 16.4. The van der Waals surface area contributed by atoms with Gasteiger partial charge in [-0.3, -0.25) is 9.69 Å². The number of nitrogens with zero attached hydrogens (tertiary/aromatic N) is 1. The predicted octanol–water partition coefficient (Wildman–Crippen LogP) is 2.88. The molecule has 0 radical (unpaired) electrons. The van der Waals surface area contributed by atoms with Gasteiger partial charge in [0.1, 0.15) is 0 Å². The van der Waals surface area contributed by atoms with Gasteiger partial charge in [-0.1, -0.05) is 32.6 Å². The Balaban J connectivity index is 0.000000479. The summed E-state index contributed by atoms with van der Waals surface area (Å²) < 4.78 is 31.7. The Kier molecular flexibility index (Phi) is 10.7. The number of carbonyl (C=O) groups is 3. The van der Waals surface area contributed by atoms with Gasteiger partial charge in [-0.2, -0.15) is 13.2 Å². The van der Waals surface area contributed by atoms with Crippen molar-refractivity contribution in [3.05, 3.63) is 0 Å². The van der Waals surface area contributed by atoms with E-state index in [4.69, 9.17) is 9.90 Å². The Labute approximate surface area is 193 Å². The van der Waals surface area contributed by atoms with Crippen molar-refractivity contribution in [1.29, 1.82) is 0 Å². The zero-order valence-electron chi connectivity index (χ0n) is 19.3. The lowest BCUT2D eigenvalue weighted by Gasteiger charge is -2.32. The summed E-state index contributed by atoms with van der Waals surface area (Å²) in [6.45, 7) is 5.03. The lowest BCUT2D eigenvalue weighted by atomic mass is 9.82. The monoisotopic (exact) mass is 478 g/mol. The number of urea groups is 1. The van der Waals surface area contributed by atoms with Crippen LogP contribution in [0.25, 0.3) is 0 Å². The highest BCUT2D eigenvalue weighted by molar-refractivity contribution is 5.78. The van der Waals surface area contributed by atoms with Crippen LogP contribution in [0.3, 0.4) is 0 Å². The maximum absolute atomic E-state index is 12.4. The second-order valence-corrected chi connectivity index (χ2v) is 9.29. The molecule has 0 bridgehead atoms. The van der Waals surface area contributed by atoms with Gasteiger partial charge in [0, 0.05) is 31.7 Å². The molecule has 33 heavy (non-hydrogen) atoms. The molecule has 1 saturated heterocycles. The molecule has 3 amide bonds. The van der Waals surface area contributed by atoms with E-state index in [1.807, 2.05) is 0 Å². The molecule has 0 aromatic heterocycles. The number of nitrogens with one attached hydrogen (secondary N) is 3. The van der Waals surface area contributed by atoms with Gasteiger partial charge in [0.25, 0.3) is 0 Å². The Morgan fingerprint density at radius 1 is 0.939 bits per heavy atom. The lowest BCUT2D eigenvalue weighted by molar-refractivity contribution is -0.192. The van der Waals surface area contributed by atoms with Gasteiger partial charge >= 0.3 is 18.2 Å². The van der Waals surface area contributed by atoms with E-state index in [0.29, 0.717) is 12.6 Å². The highest BCUT2D eigenvalue weighted by Gasteiger charge is 2.38. The topological polar surface area (TPSA) is 111 Å². The average Bonchev–Trinajstić information content (AvgIpc) is 3.15. The predicted molar refractivity (Wildman–Crippen MR) is 117 cm³/mol. The van der Waals surface area contributed by atoms with Gasteiger partial charge in [-0.15, -0.1) is 0 Å². The number of halogens is 3. The van der Waals surface area contributed by atoms with Crippen LogP contribution in [0.1, 0.15) is 64.7 Å². The molecule has 3 fully saturated rings. The van der Waals surface area contributed by atoms with Crippen LogP contribution in [-0.4, -0.2) is 72.4 Å². The molecule has 0 aromatic carbocycles. The second-order valence-electron chi connectivity index (χ2n) is 9.29. The fraction of sp³-hybridized carbons (Fsp3) is 0.864. The molecule has 3 aliphatic rings. The maximum Gasteiger partial charge on any atom is 0.490 e. The molecule has 2 aliphatic carbocycles. The van der Waals surface area contributed by atoms with E-state index in [-0.39, 0.29) is 18.0 Å². The first-order chi connectivity index (χ1) is 15.6. The summed E-state index contributed by atoms with van der Waals surface area (Å²) in [6.07, 6.45) is 5.52. The first-order valence-electron chi connectivity index (χ1n) is 11.9. The maximum atomic E-state index is 12.4. The third-order valence-corrected chi connectivity index (χ3v) is 6.68. The standard InChI is InChI=1S/C20H36N4O2.C2HF3O2/c1-2-9-21-19(25)14-24-10-7-17(8-11-24)22-20(26)23-18-12-15-5-3-4-6-16(15)13-18;3-2(4,5)1(6)7/h15-18H,2-14H2,1H3,(H,21,25)(H2,22,23,26);(H,6,7)/t15-,16+,18?;. The van der Waals surface area contributed by atoms with Crippen LogP contribution in [0.15, 0.2) is 0 Å². The van der Waals surface area contributed by atoms with E-state index in [9.17, 15) is 22.8 Å². The fourth-order valence-corrected chi connectivity index (χ4v) is 5.02. The van der Waals surface area contributed by atoms with Crippen LogP contribution >= 0.6 is 0 Å². The van der Waals surface area contributed by atoms with Crippen molar-refractivity contribution in [1.82, 2.24) is 20.9 Å². The summed E-state index contributed by atoms with van der Waals surface area (Å²) in [5.41, 5.74) is 0. The molecular weight excluding hydrogens is 441 g/mol. The average molecular weight is 479 g/mol. The van der Waals surface area contributed by atoms with Gasteiger partial charge in [0.05, 0.1) is 6.54 Å². The number of likely N-dealkylation sites (tertiary alicyclic amines) is 1. The molecule has 1 aliphatic heterocycles. The van der Waals surface area contributed by atoms with E-state index >= 15 is 0 Å². The summed E-state index contributed by atoms with van der Waals surface area (Å²) >= 11 is 0. The third-order valence-electron chi connectivity index (χ3n) is 6.68. The van der Waals surface area contributed by atoms with Crippen molar-refractivity contribution in [2.45, 2.75) is 83.0 Å². The molecule has 11 heteroatoms. The first kappa shape index (κ1) is 27.2. The highest BCUT2D eigenvalue weighted by Crippen LogP contribution is 2.42. The lowest BCUT2D eigenvalue weighted by Crippen LogP contribution is -2.50. The molecule has 4 N–H and O–H groups in total. The summed E-state index contributed by atoms with van der Waals surface area (Å²) in [4.78, 5) is 35.2. The molecule has 1 heterocycles. The van der Waals surface area contributed by atoms with E-state index in [0.717, 1.165) is 50.7 Å². The van der Waals surface area contributed by atoms with E-state index in [2.05, 4.69) is 27.8 Å². The summed E-state index contributed by atoms with van der Waals surface area (Å²) in [6, 6.07) is 0.604. The van der Waals surface area contributed by atoms with Crippen LogP contribution in [0, 0.1) is 11.8 Å². The number of carboxylic acids is 1. The van der Waals surface area contributed by atoms with Crippen molar-refractivity contribution in [2.24, 2.45) is 11.8 Å². The van der Waals surface area contributed by atoms with Crippen molar-refractivity contribution in [3.63, 3.8) is 0 Å². The van der Waals surface area contributed by atoms with Gasteiger partial charge < -0.3 is 21.1 Å². The smallest absolute Gasteiger partial charge is 0.475 e. The second kappa shape index (κ2) is 13.0. The van der Waals surface area contributed by atoms with Crippen molar-refractivity contribution in [3.8, 4) is 0 Å². The molecule has 2 saturated carbocycles. The van der Waals surface area contributed by atoms with Gasteiger partial charge in [-0.25, -0.2) is 9.59 Å². The van der Waals surface area contributed by atoms with Crippen molar-refractivity contribution < 1.29 is 32.7 Å². The zero-order valence-corrected chi connectivity index (χ0v) is 19.3. The molecule has 3 atom stereocenters. The van der Waals surface area contributed by atoms with Crippen LogP contribution in [0.5, 0.6) is 0 Å². The van der Waals surface area contributed by atoms with Crippen LogP contribution < -0.4 is 16.0 Å². The molecule has 1 unspecified atom stereocenters. The van der Waals surface area contributed by atoms with Crippen LogP contribution in [0.4, 0.5) is 18.0 Å². The molecule has 8 nitrogen and oxygen atoms in total. The molecule has 3 rings (SSSR count). The van der Waals surface area contributed by atoms with Gasteiger partial charge in [0.15, 0.2) is 0 Å². The molecule has 0 aromatic rings. The van der Waals surface area contributed by atoms with E-state index < -0.39 is 12.1 Å². The number of hydrogen-bond acceptors (Lipinski definition) is 4. The quantitative estimate of drug-likeness (QED) is 0.469. The number of alkyl halides is 3. The number of carbonyl (C=O) groups excluding carboxylic acids is 2. The number of amides is 3. The third kappa shape index (κ3) is 9.77. The van der Waals surface area contributed by atoms with Crippen molar-refractivity contribution in [2.75, 3.05) is 26.2 Å². The molecular formula is C22H37F3N4O4. The largest absolute Gasteiger partial charge is 0.490 e. The Hall–Kier alpha value is -2.04. The highest BCUT2D eigenvalue weighted by atomic mass is 19.4. The van der Waals surface area contributed by atoms with Crippen LogP contribution in [0.2, 0.25) is 0 Å². The van der Waals surface area contributed by atoms with E-state index in [1.165, 1.54) is 38.5 Å². The number of carboxylic acid groups (broad SMARTS) is 1. The number of fused-ring (bicyclic) bond motifs is 1. The Bertz CT molecular complexity index is 640. The number of rotatable bonds is 6. The first-order valence-corrected chi connectivity index (χ1v) is 11.9. The summed E-state index contributed by atoms with van der Waals surface area (Å²) in [5.74, 6) is -0.960. The molecule has 0 spiro atoms. The minimum Gasteiger partial charge on any atom is -0.475 e. The minimum atomic E-state index is -5.08. The van der Waals surface area contributed by atoms with Crippen LogP contribution in [-0.2, 0) is 9.59 Å². The number of aliphatic carboxylic acids is 1.